The van der Waals surface area contributed by atoms with Crippen LogP contribution in [0.15, 0.2) is 48.5 Å². The lowest BCUT2D eigenvalue weighted by molar-refractivity contribution is -0.121. The fourth-order valence-electron chi connectivity index (χ4n) is 2.81. The average Bonchev–Trinajstić information content (AvgIpc) is 2.98. The Labute approximate surface area is 162 Å². The van der Waals surface area contributed by atoms with Crippen LogP contribution < -0.4 is 20.5 Å². The summed E-state index contributed by atoms with van der Waals surface area (Å²) in [6.07, 6.45) is 0.790. The standard InChI is InChI=1S/C20H21N3O5/c1-2-11-28-14-9-7-13(8-10-14)23-18(25)12-16(20(23)27)21-22-19(26)15-5-3-4-6-17(15)24/h3-10,16,21,24H,2,11-12H2,1H3,(H,22,26). The summed E-state index contributed by atoms with van der Waals surface area (Å²) in [6, 6.07) is 11.8. The van der Waals surface area contributed by atoms with Gasteiger partial charge in [-0.2, -0.15) is 0 Å². The molecule has 0 radical (unpaired) electrons. The summed E-state index contributed by atoms with van der Waals surface area (Å²) >= 11 is 0. The second-order valence-electron chi connectivity index (χ2n) is 6.28. The van der Waals surface area contributed by atoms with Crippen molar-refractivity contribution in [3.05, 3.63) is 54.1 Å². The average molecular weight is 383 g/mol. The van der Waals surface area contributed by atoms with Gasteiger partial charge in [-0.15, -0.1) is 0 Å². The van der Waals surface area contributed by atoms with Gasteiger partial charge in [0.05, 0.1) is 24.3 Å². The van der Waals surface area contributed by atoms with Crippen LogP contribution >= 0.6 is 0 Å². The number of benzene rings is 2. The number of amides is 3. The third kappa shape index (κ3) is 4.12. The Bertz CT molecular complexity index is 882. The number of carbonyl (C=O) groups excluding carboxylic acids is 3. The molecule has 8 heteroatoms. The predicted molar refractivity (Wildman–Crippen MR) is 102 cm³/mol. The van der Waals surface area contributed by atoms with Crippen LogP contribution in [-0.2, 0) is 9.59 Å². The number of phenols is 1. The van der Waals surface area contributed by atoms with E-state index in [4.69, 9.17) is 4.74 Å². The molecule has 3 N–H and O–H groups in total. The van der Waals surface area contributed by atoms with Crippen LogP contribution in [-0.4, -0.2) is 35.5 Å². The van der Waals surface area contributed by atoms with E-state index in [0.29, 0.717) is 18.0 Å². The van der Waals surface area contributed by atoms with Crippen molar-refractivity contribution in [3.8, 4) is 11.5 Å². The minimum Gasteiger partial charge on any atom is -0.507 e. The highest BCUT2D eigenvalue weighted by atomic mass is 16.5. The third-order valence-electron chi connectivity index (χ3n) is 4.22. The zero-order valence-electron chi connectivity index (χ0n) is 15.3. The number of aromatic hydroxyl groups is 1. The van der Waals surface area contributed by atoms with E-state index in [9.17, 15) is 19.5 Å². The van der Waals surface area contributed by atoms with E-state index >= 15 is 0 Å². The van der Waals surface area contributed by atoms with E-state index in [1.807, 2.05) is 6.92 Å². The maximum absolute atomic E-state index is 12.6. The Morgan fingerprint density at radius 2 is 1.89 bits per heavy atom. The van der Waals surface area contributed by atoms with Gasteiger partial charge in [0.1, 0.15) is 17.5 Å². The molecule has 146 valence electrons. The molecule has 0 aromatic heterocycles. The molecule has 1 atom stereocenters. The first-order chi connectivity index (χ1) is 13.5. The van der Waals surface area contributed by atoms with Crippen molar-refractivity contribution in [2.24, 2.45) is 0 Å². The number of para-hydroxylation sites is 1. The zero-order valence-corrected chi connectivity index (χ0v) is 15.3. The van der Waals surface area contributed by atoms with E-state index in [1.54, 1.807) is 36.4 Å². The molecule has 3 amide bonds. The highest BCUT2D eigenvalue weighted by Crippen LogP contribution is 2.25. The first-order valence-electron chi connectivity index (χ1n) is 8.94. The first kappa shape index (κ1) is 19.4. The van der Waals surface area contributed by atoms with Gasteiger partial charge in [-0.3, -0.25) is 19.8 Å². The second kappa shape index (κ2) is 8.53. The predicted octanol–water partition coefficient (Wildman–Crippen LogP) is 1.75. The summed E-state index contributed by atoms with van der Waals surface area (Å²) in [4.78, 5) is 38.1. The number of anilines is 1. The molecule has 28 heavy (non-hydrogen) atoms. The van der Waals surface area contributed by atoms with Gasteiger partial charge in [-0.05, 0) is 42.8 Å². The summed E-state index contributed by atoms with van der Waals surface area (Å²) in [5.41, 5.74) is 5.45. The number of imide groups is 1. The molecule has 1 fully saturated rings. The van der Waals surface area contributed by atoms with Crippen molar-refractivity contribution >= 4 is 23.4 Å². The van der Waals surface area contributed by atoms with E-state index in [-0.39, 0.29) is 23.6 Å². The minimum atomic E-state index is -0.890. The summed E-state index contributed by atoms with van der Waals surface area (Å²) in [5, 5.41) is 9.71. The van der Waals surface area contributed by atoms with Crippen LogP contribution in [0.25, 0.3) is 0 Å². The summed E-state index contributed by atoms with van der Waals surface area (Å²) in [5.74, 6) is -0.961. The van der Waals surface area contributed by atoms with Gasteiger partial charge >= 0.3 is 0 Å². The number of nitrogens with one attached hydrogen (secondary N) is 2. The summed E-state index contributed by atoms with van der Waals surface area (Å²) in [7, 11) is 0. The Balaban J connectivity index is 1.63. The minimum absolute atomic E-state index is 0.0614. The molecule has 1 heterocycles. The quantitative estimate of drug-likeness (QED) is 0.497. The second-order valence-corrected chi connectivity index (χ2v) is 6.28. The molecule has 1 saturated heterocycles. The molecule has 2 aromatic carbocycles. The van der Waals surface area contributed by atoms with Crippen LogP contribution in [0.1, 0.15) is 30.1 Å². The lowest BCUT2D eigenvalue weighted by atomic mass is 10.2. The molecular formula is C20H21N3O5. The zero-order chi connectivity index (χ0) is 20.1. The van der Waals surface area contributed by atoms with Crippen molar-refractivity contribution in [3.63, 3.8) is 0 Å². The maximum atomic E-state index is 12.6. The van der Waals surface area contributed by atoms with E-state index in [0.717, 1.165) is 11.3 Å². The Kier molecular flexibility index (Phi) is 5.90. The van der Waals surface area contributed by atoms with Crippen LogP contribution in [0.2, 0.25) is 0 Å². The third-order valence-corrected chi connectivity index (χ3v) is 4.22. The summed E-state index contributed by atoms with van der Waals surface area (Å²) in [6.45, 7) is 2.59. The SMILES string of the molecule is CCCOc1ccc(N2C(=O)CC(NNC(=O)c3ccccc3O)C2=O)cc1. The smallest absolute Gasteiger partial charge is 0.269 e. The number of rotatable bonds is 7. The van der Waals surface area contributed by atoms with Gasteiger partial charge < -0.3 is 9.84 Å². The molecule has 1 aliphatic rings. The highest BCUT2D eigenvalue weighted by molar-refractivity contribution is 6.22. The number of carbonyl (C=O) groups is 3. The number of hydrazine groups is 1. The number of hydrogen-bond acceptors (Lipinski definition) is 6. The molecule has 2 aromatic rings. The molecule has 0 bridgehead atoms. The molecule has 0 aliphatic carbocycles. The van der Waals surface area contributed by atoms with Crippen molar-refractivity contribution in [1.82, 2.24) is 10.9 Å². The van der Waals surface area contributed by atoms with Crippen LogP contribution in [0.3, 0.4) is 0 Å². The summed E-state index contributed by atoms with van der Waals surface area (Å²) < 4.78 is 5.50. The normalized spacial score (nSPS) is 16.3. The molecular weight excluding hydrogens is 362 g/mol. The van der Waals surface area contributed by atoms with Gasteiger partial charge in [-0.1, -0.05) is 19.1 Å². The number of ether oxygens (including phenoxy) is 1. The molecule has 1 unspecified atom stereocenters. The van der Waals surface area contributed by atoms with Gasteiger partial charge in [-0.25, -0.2) is 10.3 Å². The maximum Gasteiger partial charge on any atom is 0.269 e. The van der Waals surface area contributed by atoms with Crippen LogP contribution in [0, 0.1) is 0 Å². The van der Waals surface area contributed by atoms with Gasteiger partial charge in [0.15, 0.2) is 0 Å². The first-order valence-corrected chi connectivity index (χ1v) is 8.94. The van der Waals surface area contributed by atoms with Crippen molar-refractivity contribution in [2.75, 3.05) is 11.5 Å². The van der Waals surface area contributed by atoms with Crippen molar-refractivity contribution < 1.29 is 24.2 Å². The number of nitrogens with zero attached hydrogens (tertiary/aromatic N) is 1. The Morgan fingerprint density at radius 1 is 1.18 bits per heavy atom. The van der Waals surface area contributed by atoms with Crippen LogP contribution in [0.5, 0.6) is 11.5 Å². The monoisotopic (exact) mass is 383 g/mol. The van der Waals surface area contributed by atoms with Crippen LogP contribution in [0.4, 0.5) is 5.69 Å². The van der Waals surface area contributed by atoms with E-state index in [2.05, 4.69) is 10.9 Å². The van der Waals surface area contributed by atoms with E-state index in [1.165, 1.54) is 12.1 Å². The highest BCUT2D eigenvalue weighted by Gasteiger charge is 2.39. The van der Waals surface area contributed by atoms with E-state index < -0.39 is 17.9 Å². The van der Waals surface area contributed by atoms with Crippen molar-refractivity contribution in [2.45, 2.75) is 25.8 Å². The van der Waals surface area contributed by atoms with Gasteiger partial charge in [0, 0.05) is 0 Å². The fraction of sp³-hybridized carbons (Fsp3) is 0.250. The van der Waals surface area contributed by atoms with Crippen molar-refractivity contribution in [1.29, 1.82) is 0 Å². The lowest BCUT2D eigenvalue weighted by Gasteiger charge is -2.16. The Morgan fingerprint density at radius 3 is 2.57 bits per heavy atom. The largest absolute Gasteiger partial charge is 0.507 e. The molecule has 0 saturated carbocycles. The molecule has 1 aliphatic heterocycles. The Hall–Kier alpha value is -3.39. The van der Waals surface area contributed by atoms with Gasteiger partial charge in [0.2, 0.25) is 5.91 Å². The lowest BCUT2D eigenvalue weighted by Crippen LogP contribution is -2.48. The number of phenolic OH excluding ortho intramolecular Hbond substituents is 1. The topological polar surface area (TPSA) is 108 Å². The molecule has 8 nitrogen and oxygen atoms in total. The number of hydrogen-bond donors (Lipinski definition) is 3. The molecule has 0 spiro atoms. The van der Waals surface area contributed by atoms with Gasteiger partial charge in [0.25, 0.3) is 11.8 Å². The molecule has 3 rings (SSSR count). The fourth-order valence-corrected chi connectivity index (χ4v) is 2.81.